The fourth-order valence-corrected chi connectivity index (χ4v) is 1.93. The summed E-state index contributed by atoms with van der Waals surface area (Å²) in [7, 11) is 0. The largest absolute Gasteiger partial charge is 0.385 e. The zero-order valence-electron chi connectivity index (χ0n) is 10.9. The van der Waals surface area contributed by atoms with Crippen molar-refractivity contribution in [1.29, 1.82) is 0 Å². The van der Waals surface area contributed by atoms with Gasteiger partial charge in [-0.2, -0.15) is 0 Å². The van der Waals surface area contributed by atoms with Gasteiger partial charge in [0.2, 0.25) is 0 Å². The van der Waals surface area contributed by atoms with Crippen LogP contribution in [0.4, 0.5) is 0 Å². The maximum Gasteiger partial charge on any atom is 0.0923 e. The molecule has 1 aromatic heterocycles. The van der Waals surface area contributed by atoms with Gasteiger partial charge in [0.25, 0.3) is 0 Å². The number of aliphatic hydroxyl groups is 1. The third-order valence-electron chi connectivity index (χ3n) is 3.63. The molecule has 0 aliphatic rings. The maximum atomic E-state index is 10.8. The summed E-state index contributed by atoms with van der Waals surface area (Å²) in [6, 6.07) is 9.82. The lowest BCUT2D eigenvalue weighted by Gasteiger charge is -2.38. The van der Waals surface area contributed by atoms with Gasteiger partial charge >= 0.3 is 0 Å². The molecule has 2 nitrogen and oxygen atoms in total. The van der Waals surface area contributed by atoms with Crippen LogP contribution in [0.3, 0.4) is 0 Å². The van der Waals surface area contributed by atoms with Crippen LogP contribution in [-0.4, -0.2) is 10.1 Å². The minimum absolute atomic E-state index is 0.225. The van der Waals surface area contributed by atoms with Crippen molar-refractivity contribution in [3.05, 3.63) is 42.1 Å². The molecule has 1 atom stereocenters. The zero-order chi connectivity index (χ0) is 12.7. The second kappa shape index (κ2) is 3.81. The van der Waals surface area contributed by atoms with E-state index in [1.54, 1.807) is 6.20 Å². The molecule has 0 bridgehead atoms. The highest BCUT2D eigenvalue weighted by Gasteiger charge is 2.37. The molecule has 2 aromatic rings. The topological polar surface area (TPSA) is 33.1 Å². The smallest absolute Gasteiger partial charge is 0.0923 e. The van der Waals surface area contributed by atoms with Gasteiger partial charge in [-0.15, -0.1) is 0 Å². The van der Waals surface area contributed by atoms with Gasteiger partial charge in [0.1, 0.15) is 0 Å². The minimum atomic E-state index is -0.879. The monoisotopic (exact) mass is 229 g/mol. The molecule has 0 aliphatic carbocycles. The predicted molar refractivity (Wildman–Crippen MR) is 70.8 cm³/mol. The molecule has 0 aliphatic heterocycles. The number of nitrogens with zero attached hydrogens (tertiary/aromatic N) is 1. The Bertz CT molecular complexity index is 533. The summed E-state index contributed by atoms with van der Waals surface area (Å²) in [5.74, 6) is 0. The fraction of sp³-hybridized carbons (Fsp3) is 0.400. The van der Waals surface area contributed by atoms with Crippen molar-refractivity contribution in [3.63, 3.8) is 0 Å². The first-order valence-corrected chi connectivity index (χ1v) is 5.90. The standard InChI is InChI=1S/C15H19NO/c1-14(2,3)15(4,17)12-8-5-9-13-11(12)7-6-10-16-13/h5-10,17H,1-4H3. The molecule has 0 spiro atoms. The molecule has 0 saturated heterocycles. The Hall–Kier alpha value is -1.41. The third kappa shape index (κ3) is 1.93. The van der Waals surface area contributed by atoms with E-state index in [-0.39, 0.29) is 5.41 Å². The van der Waals surface area contributed by atoms with Gasteiger partial charge in [0.05, 0.1) is 11.1 Å². The van der Waals surface area contributed by atoms with E-state index >= 15 is 0 Å². The van der Waals surface area contributed by atoms with Crippen molar-refractivity contribution in [2.75, 3.05) is 0 Å². The van der Waals surface area contributed by atoms with E-state index in [2.05, 4.69) is 4.98 Å². The first-order valence-electron chi connectivity index (χ1n) is 5.90. The van der Waals surface area contributed by atoms with Crippen molar-refractivity contribution in [3.8, 4) is 0 Å². The van der Waals surface area contributed by atoms with E-state index in [0.717, 1.165) is 16.5 Å². The van der Waals surface area contributed by atoms with Crippen LogP contribution >= 0.6 is 0 Å². The number of pyridine rings is 1. The van der Waals surface area contributed by atoms with Gasteiger partial charge in [-0.3, -0.25) is 4.98 Å². The Morgan fingerprint density at radius 3 is 2.35 bits per heavy atom. The Labute approximate surface area is 102 Å². The predicted octanol–water partition coefficient (Wildman–Crippen LogP) is 3.49. The lowest BCUT2D eigenvalue weighted by Crippen LogP contribution is -2.37. The quantitative estimate of drug-likeness (QED) is 0.812. The van der Waals surface area contributed by atoms with E-state index in [9.17, 15) is 5.11 Å². The molecule has 1 heterocycles. The van der Waals surface area contributed by atoms with Crippen molar-refractivity contribution in [1.82, 2.24) is 4.98 Å². The molecule has 90 valence electrons. The number of aromatic nitrogens is 1. The molecule has 2 rings (SSSR count). The lowest BCUT2D eigenvalue weighted by molar-refractivity contribution is -0.0457. The van der Waals surface area contributed by atoms with Crippen LogP contribution < -0.4 is 0 Å². The SMILES string of the molecule is CC(C)(C)C(C)(O)c1cccc2ncccc12. The highest BCUT2D eigenvalue weighted by atomic mass is 16.3. The number of rotatable bonds is 1. The average Bonchev–Trinajstić information content (AvgIpc) is 2.26. The molecule has 1 aromatic carbocycles. The molecule has 0 fully saturated rings. The maximum absolute atomic E-state index is 10.8. The van der Waals surface area contributed by atoms with Gasteiger partial charge in [0, 0.05) is 11.6 Å². The summed E-state index contributed by atoms with van der Waals surface area (Å²) in [5.41, 5.74) is 0.761. The van der Waals surface area contributed by atoms with Crippen LogP contribution in [0.5, 0.6) is 0 Å². The first-order chi connectivity index (χ1) is 7.84. The lowest BCUT2D eigenvalue weighted by atomic mass is 9.72. The summed E-state index contributed by atoms with van der Waals surface area (Å²) >= 11 is 0. The van der Waals surface area contributed by atoms with Crippen LogP contribution in [0.15, 0.2) is 36.5 Å². The van der Waals surface area contributed by atoms with Crippen LogP contribution in [-0.2, 0) is 5.60 Å². The summed E-state index contributed by atoms with van der Waals surface area (Å²) < 4.78 is 0. The number of benzene rings is 1. The Morgan fingerprint density at radius 1 is 1.00 bits per heavy atom. The minimum Gasteiger partial charge on any atom is -0.385 e. The molecule has 0 amide bonds. The van der Waals surface area contributed by atoms with E-state index in [1.165, 1.54) is 0 Å². The molecule has 1 N–H and O–H groups in total. The Kier molecular flexibility index (Phi) is 2.70. The van der Waals surface area contributed by atoms with Crippen LogP contribution in [0, 0.1) is 5.41 Å². The summed E-state index contributed by atoms with van der Waals surface area (Å²) in [4.78, 5) is 4.33. The van der Waals surface area contributed by atoms with Crippen molar-refractivity contribution in [2.24, 2.45) is 5.41 Å². The van der Waals surface area contributed by atoms with Gasteiger partial charge in [-0.1, -0.05) is 39.0 Å². The molecular weight excluding hydrogens is 210 g/mol. The fourth-order valence-electron chi connectivity index (χ4n) is 1.93. The second-order valence-corrected chi connectivity index (χ2v) is 5.70. The van der Waals surface area contributed by atoms with Crippen molar-refractivity contribution < 1.29 is 5.11 Å². The van der Waals surface area contributed by atoms with E-state index in [0.29, 0.717) is 0 Å². The van der Waals surface area contributed by atoms with Crippen LogP contribution in [0.1, 0.15) is 33.3 Å². The summed E-state index contributed by atoms with van der Waals surface area (Å²) in [6.45, 7) is 8.00. The number of fused-ring (bicyclic) bond motifs is 1. The normalized spacial score (nSPS) is 15.8. The second-order valence-electron chi connectivity index (χ2n) is 5.70. The van der Waals surface area contributed by atoms with E-state index in [4.69, 9.17) is 0 Å². The molecule has 0 radical (unpaired) electrons. The van der Waals surface area contributed by atoms with Gasteiger partial charge in [-0.25, -0.2) is 0 Å². The molecular formula is C15H19NO. The third-order valence-corrected chi connectivity index (χ3v) is 3.63. The molecule has 17 heavy (non-hydrogen) atoms. The van der Waals surface area contributed by atoms with Crippen molar-refractivity contribution in [2.45, 2.75) is 33.3 Å². The molecule has 0 saturated carbocycles. The van der Waals surface area contributed by atoms with Crippen LogP contribution in [0.2, 0.25) is 0 Å². The highest BCUT2D eigenvalue weighted by Crippen LogP contribution is 2.41. The highest BCUT2D eigenvalue weighted by molar-refractivity contribution is 5.82. The van der Waals surface area contributed by atoms with E-state index < -0.39 is 5.60 Å². The van der Waals surface area contributed by atoms with Gasteiger partial charge < -0.3 is 5.11 Å². The molecule has 2 heteroatoms. The Morgan fingerprint density at radius 2 is 1.71 bits per heavy atom. The number of hydrogen-bond acceptors (Lipinski definition) is 2. The van der Waals surface area contributed by atoms with Gasteiger partial charge in [-0.05, 0) is 30.0 Å². The molecule has 1 unspecified atom stereocenters. The zero-order valence-corrected chi connectivity index (χ0v) is 10.9. The van der Waals surface area contributed by atoms with Gasteiger partial charge in [0.15, 0.2) is 0 Å². The summed E-state index contributed by atoms with van der Waals surface area (Å²) in [5, 5.41) is 11.8. The number of hydrogen-bond donors (Lipinski definition) is 1. The Balaban J connectivity index is 2.72. The summed E-state index contributed by atoms with van der Waals surface area (Å²) in [6.07, 6.45) is 1.78. The van der Waals surface area contributed by atoms with Crippen molar-refractivity contribution >= 4 is 10.9 Å². The average molecular weight is 229 g/mol. The first kappa shape index (κ1) is 12.1. The van der Waals surface area contributed by atoms with Crippen LogP contribution in [0.25, 0.3) is 10.9 Å². The van der Waals surface area contributed by atoms with E-state index in [1.807, 2.05) is 58.0 Å².